The molecule has 0 bridgehead atoms. The van der Waals surface area contributed by atoms with Crippen LogP contribution in [0.1, 0.15) is 0 Å². The van der Waals surface area contributed by atoms with Crippen LogP contribution in [0, 0.1) is 0 Å². The fraction of sp³-hybridized carbons (Fsp3) is 0. The quantitative estimate of drug-likeness (QED) is 0.478. The molecule has 0 amide bonds. The summed E-state index contributed by atoms with van der Waals surface area (Å²) in [5, 5.41) is 0. The molecule has 0 radical (unpaired) electrons. The Bertz CT molecular complexity index is 69.6. The van der Waals surface area contributed by atoms with Crippen LogP contribution >= 0.6 is 57.8 Å². The maximum absolute atomic E-state index is 5.38. The second kappa shape index (κ2) is 2.97. The van der Waals surface area contributed by atoms with Crippen LogP contribution in [0.15, 0.2) is 0 Å². The smallest absolute Gasteiger partial charge is 0.693 e. The van der Waals surface area contributed by atoms with Gasteiger partial charge in [0.05, 0.1) is 0 Å². The van der Waals surface area contributed by atoms with Crippen LogP contribution in [0.3, 0.4) is 0 Å². The summed E-state index contributed by atoms with van der Waals surface area (Å²) in [4.78, 5) is 0. The number of halogens is 6. The molecule has 0 atom stereocenters. The average molecular weight is 435 g/mol. The molecular formula is H4Cl6N2Os-2. The largest absolute Gasteiger partial charge is 0.693 e. The summed E-state index contributed by atoms with van der Waals surface area (Å²) in [6, 6.07) is 0. The van der Waals surface area contributed by atoms with E-state index in [4.69, 9.17) is 57.8 Å². The van der Waals surface area contributed by atoms with Gasteiger partial charge in [-0.25, -0.2) is 0 Å². The second-order valence-electron chi connectivity index (χ2n) is 0.758. The van der Waals surface area contributed by atoms with Crippen LogP contribution in [-0.2, 0) is 6.64 Å². The molecule has 0 aromatic heterocycles. The summed E-state index contributed by atoms with van der Waals surface area (Å²) in [7, 11) is 30.4. The van der Waals surface area contributed by atoms with Gasteiger partial charge in [0.25, 0.3) is 0 Å². The number of nitrogens with two attached hydrogens (primary N) is 2. The third kappa shape index (κ3) is 134. The minimum absolute atomic E-state index is 0. The topological polar surface area (TPSA) is 67.0 Å². The van der Waals surface area contributed by atoms with E-state index in [2.05, 4.69) is 0 Å². The predicted octanol–water partition coefficient (Wildman–Crippen LogP) is 5.57. The van der Waals surface area contributed by atoms with Gasteiger partial charge in [-0.05, 0) is 0 Å². The Morgan fingerprint density at radius 1 is 0.556 bits per heavy atom. The SMILES string of the molecule is [Cl][Os]([Cl])([Cl])([Cl])([Cl])[Cl].[NH2-].[NH2-]. The second-order valence-corrected chi connectivity index (χ2v) is 55.8. The van der Waals surface area contributed by atoms with Gasteiger partial charge in [0.1, 0.15) is 0 Å². The third-order valence-corrected chi connectivity index (χ3v) is 0. The number of rotatable bonds is 0. The van der Waals surface area contributed by atoms with Crippen molar-refractivity contribution in [3.63, 3.8) is 0 Å². The van der Waals surface area contributed by atoms with Crippen molar-refractivity contribution in [3.8, 4) is 0 Å². The van der Waals surface area contributed by atoms with Crippen molar-refractivity contribution in [3.05, 3.63) is 12.3 Å². The van der Waals surface area contributed by atoms with E-state index in [1.807, 2.05) is 0 Å². The fourth-order valence-electron chi connectivity index (χ4n) is 0. The van der Waals surface area contributed by atoms with Gasteiger partial charge in [0, 0.05) is 0 Å². The molecule has 0 saturated carbocycles. The molecule has 0 heterocycles. The summed E-state index contributed by atoms with van der Waals surface area (Å²) < 4.78 is 0. The van der Waals surface area contributed by atoms with Crippen LogP contribution in [0.5, 0.6) is 0 Å². The molecule has 0 unspecified atom stereocenters. The Morgan fingerprint density at radius 3 is 0.556 bits per heavy atom. The van der Waals surface area contributed by atoms with E-state index in [1.54, 1.807) is 0 Å². The van der Waals surface area contributed by atoms with Crippen molar-refractivity contribution < 1.29 is 6.64 Å². The Balaban J connectivity index is -0.000000180. The molecule has 0 aliphatic heterocycles. The molecule has 0 spiro atoms. The minimum atomic E-state index is -5.38. The van der Waals surface area contributed by atoms with E-state index in [1.165, 1.54) is 0 Å². The maximum Gasteiger partial charge on any atom is -0.693 e. The normalized spacial score (nSPS) is 18.0. The number of hydrogen-bond acceptors (Lipinski definition) is 0. The minimum Gasteiger partial charge on any atom is -0.693 e. The first-order chi connectivity index (χ1) is 2.45. The van der Waals surface area contributed by atoms with E-state index in [9.17, 15) is 0 Å². The zero-order valence-electron chi connectivity index (χ0n) is 3.78. The third-order valence-electron chi connectivity index (χ3n) is 0. The van der Waals surface area contributed by atoms with Crippen LogP contribution in [0.4, 0.5) is 0 Å². The van der Waals surface area contributed by atoms with Crippen molar-refractivity contribution in [1.29, 1.82) is 0 Å². The maximum atomic E-state index is 5.06. The van der Waals surface area contributed by atoms with Gasteiger partial charge >= 0.3 is 64.5 Å². The van der Waals surface area contributed by atoms with Gasteiger partial charge in [-0.2, -0.15) is 0 Å². The van der Waals surface area contributed by atoms with Gasteiger partial charge in [0.2, 0.25) is 0 Å². The zero-order chi connectivity index (χ0) is 6.41. The average Bonchev–Trinajstić information content (AvgIpc) is 0.592. The molecule has 0 aliphatic rings. The molecule has 0 rings (SSSR count). The van der Waals surface area contributed by atoms with Gasteiger partial charge in [-0.3, -0.25) is 0 Å². The fourth-order valence-corrected chi connectivity index (χ4v) is 0. The van der Waals surface area contributed by atoms with E-state index in [-0.39, 0.29) is 12.3 Å². The molecule has 66 valence electrons. The summed E-state index contributed by atoms with van der Waals surface area (Å²) in [6.45, 7) is -5.38. The van der Waals surface area contributed by atoms with Gasteiger partial charge in [-0.1, -0.05) is 0 Å². The summed E-state index contributed by atoms with van der Waals surface area (Å²) in [5.74, 6) is 0. The van der Waals surface area contributed by atoms with Crippen LogP contribution in [0.2, 0.25) is 0 Å². The van der Waals surface area contributed by atoms with Crippen molar-refractivity contribution in [2.45, 2.75) is 0 Å². The standard InChI is InChI=1S/6ClH.2H2N.Os/h6*1H;2*1H2;/q;;;;;;2*-1;+6/p-6. The Kier molecular flexibility index (Phi) is 5.75. The summed E-state index contributed by atoms with van der Waals surface area (Å²) in [6.07, 6.45) is 0. The molecule has 0 aromatic rings. The Hall–Kier alpha value is 2.30. The summed E-state index contributed by atoms with van der Waals surface area (Å²) in [5.41, 5.74) is 0. The first-order valence-electron chi connectivity index (χ1n) is 0.802. The van der Waals surface area contributed by atoms with E-state index >= 15 is 0 Å². The molecule has 0 saturated heterocycles. The zero-order valence-corrected chi connectivity index (χ0v) is 10.9. The van der Waals surface area contributed by atoms with Crippen LogP contribution in [-0.4, -0.2) is 0 Å². The van der Waals surface area contributed by atoms with Crippen molar-refractivity contribution in [2.24, 2.45) is 0 Å². The van der Waals surface area contributed by atoms with E-state index in [0.717, 1.165) is 0 Å². The molecule has 0 fully saturated rings. The van der Waals surface area contributed by atoms with Crippen molar-refractivity contribution >= 4 is 57.8 Å². The van der Waals surface area contributed by atoms with Gasteiger partial charge in [0.15, 0.2) is 0 Å². The van der Waals surface area contributed by atoms with Crippen molar-refractivity contribution in [2.75, 3.05) is 0 Å². The molecule has 9 heavy (non-hydrogen) atoms. The Morgan fingerprint density at radius 2 is 0.556 bits per heavy atom. The van der Waals surface area contributed by atoms with Gasteiger partial charge < -0.3 is 12.3 Å². The number of hydrogen-bond donors (Lipinski definition) is 0. The summed E-state index contributed by atoms with van der Waals surface area (Å²) >= 11 is 0. The van der Waals surface area contributed by atoms with Crippen molar-refractivity contribution in [1.82, 2.24) is 0 Å². The van der Waals surface area contributed by atoms with E-state index < -0.39 is 6.64 Å². The Labute approximate surface area is 76.0 Å². The first kappa shape index (κ1) is 17.4. The monoisotopic (exact) mass is 434 g/mol. The molecule has 4 N–H and O–H groups in total. The molecule has 9 heteroatoms. The molecule has 0 aromatic carbocycles. The first-order valence-corrected chi connectivity index (χ1v) is 19.7. The molecule has 2 nitrogen and oxygen atoms in total. The molecule has 0 aliphatic carbocycles. The van der Waals surface area contributed by atoms with Crippen LogP contribution < -0.4 is 0 Å². The van der Waals surface area contributed by atoms with Crippen LogP contribution in [0.25, 0.3) is 12.3 Å². The van der Waals surface area contributed by atoms with Gasteiger partial charge in [-0.15, -0.1) is 0 Å². The predicted molar refractivity (Wildman–Crippen MR) is 45.7 cm³/mol. The molecular weight excluding hydrogens is 431 g/mol. The van der Waals surface area contributed by atoms with E-state index in [0.29, 0.717) is 0 Å².